The summed E-state index contributed by atoms with van der Waals surface area (Å²) in [5.41, 5.74) is -0.860. The van der Waals surface area contributed by atoms with E-state index in [-0.39, 0.29) is 125 Å². The van der Waals surface area contributed by atoms with Gasteiger partial charge in [0.15, 0.2) is 66.7 Å². The lowest BCUT2D eigenvalue weighted by Gasteiger charge is -2.42. The molecule has 0 bridgehead atoms. The van der Waals surface area contributed by atoms with Gasteiger partial charge in [0.05, 0.1) is 38.3 Å². The van der Waals surface area contributed by atoms with Crippen molar-refractivity contribution >= 4 is 102 Å². The van der Waals surface area contributed by atoms with Gasteiger partial charge in [-0.25, -0.2) is 19.3 Å². The Hall–Kier alpha value is -5.62. The predicted octanol–water partition coefficient (Wildman–Crippen LogP) is 9.92. The maximum Gasteiger partial charge on any atom is 0.280 e. The Labute approximate surface area is 634 Å². The lowest BCUT2D eigenvalue weighted by molar-refractivity contribution is -0.115. The number of amides is 3. The molecule has 9 rings (SSSR count). The van der Waals surface area contributed by atoms with Gasteiger partial charge in [0.2, 0.25) is 38.4 Å². The molecular formula is C67H120FN18O16P3Si. The molecule has 34 nitrogen and oxygen atoms in total. The number of hydrogen-bond acceptors (Lipinski definition) is 25. The lowest BCUT2D eigenvalue weighted by Crippen LogP contribution is -2.49. The average Bonchev–Trinajstić information content (AvgIpc) is 1.61. The first-order valence-corrected chi connectivity index (χ1v) is 42.1. The molecular weight excluding hydrogens is 1450 g/mol. The number of anilines is 3. The number of H-pyrrole nitrogens is 3. The summed E-state index contributed by atoms with van der Waals surface area (Å²) in [6.07, 6.45) is -5.45. The van der Waals surface area contributed by atoms with Crippen LogP contribution in [0.15, 0.2) is 33.4 Å². The molecule has 0 saturated carbocycles. The molecule has 39 heteroatoms. The molecule has 3 aliphatic heterocycles. The monoisotopic (exact) mass is 1580 g/mol. The number of aromatic nitrogens is 12. The number of ether oxygens (including phenoxy) is 4. The van der Waals surface area contributed by atoms with E-state index in [0.717, 1.165) is 0 Å². The van der Waals surface area contributed by atoms with Gasteiger partial charge >= 0.3 is 0 Å². The van der Waals surface area contributed by atoms with Crippen molar-refractivity contribution in [2.24, 2.45) is 0 Å². The number of fused-ring (bicyclic) bond motifs is 3. The Morgan fingerprint density at radius 2 is 0.915 bits per heavy atom. The van der Waals surface area contributed by atoms with Gasteiger partial charge in [0.25, 0.3) is 16.7 Å². The number of alkyl halides is 1. The number of hydrogen-bond donors (Lipinski definition) is 8. The number of rotatable bonds is 28. The topological polar surface area (TPSA) is 402 Å². The van der Waals surface area contributed by atoms with Gasteiger partial charge in [0.1, 0.15) is 67.6 Å². The van der Waals surface area contributed by atoms with E-state index in [1.165, 1.54) is 66.5 Å². The van der Waals surface area contributed by atoms with Gasteiger partial charge in [0, 0.05) is 69.6 Å². The number of methoxy groups -OCH3 is 1. The molecule has 3 saturated heterocycles. The Morgan fingerprint density at radius 3 is 1.24 bits per heavy atom. The van der Waals surface area contributed by atoms with Crippen molar-refractivity contribution in [1.29, 1.82) is 2.86 Å². The first kappa shape index (κ1) is 82.9. The Kier molecular flexibility index (Phi) is 30.4. The van der Waals surface area contributed by atoms with Crippen molar-refractivity contribution in [3.05, 3.63) is 50.0 Å². The lowest BCUT2D eigenvalue weighted by atomic mass is 10.1. The summed E-state index contributed by atoms with van der Waals surface area (Å²) in [6, 6.07) is 1.44. The molecule has 15 atom stereocenters. The fourth-order valence-electron chi connectivity index (χ4n) is 12.8. The second kappa shape index (κ2) is 38.8. The molecule has 3 fully saturated rings. The van der Waals surface area contributed by atoms with Crippen LogP contribution in [0.2, 0.25) is 18.1 Å². The number of aliphatic hydroxyl groups excluding tert-OH is 2. The van der Waals surface area contributed by atoms with E-state index >= 15 is 4.39 Å². The third-order valence-corrected chi connectivity index (χ3v) is 28.5. The third-order valence-electron chi connectivity index (χ3n) is 17.7. The molecule has 9 heterocycles. The molecule has 6 unspecified atom stereocenters. The minimum absolute atomic E-state index is 0.000794. The predicted molar refractivity (Wildman–Crippen MR) is 416 cm³/mol. The minimum Gasteiger partial charge on any atom is -0.407 e. The molecule has 0 spiro atoms. The summed E-state index contributed by atoms with van der Waals surface area (Å²) in [4.78, 5) is 105. The van der Waals surface area contributed by atoms with E-state index in [4.69, 9.17) is 45.3 Å². The number of nitrogens with one attached hydrogen (secondary N) is 6. The van der Waals surface area contributed by atoms with Gasteiger partial charge in [-0.2, -0.15) is 15.0 Å². The van der Waals surface area contributed by atoms with Crippen molar-refractivity contribution in [2.75, 3.05) is 56.3 Å². The van der Waals surface area contributed by atoms with Crippen LogP contribution in [0.1, 0.15) is 178 Å². The van der Waals surface area contributed by atoms with E-state index in [9.17, 15) is 28.8 Å². The zero-order chi connectivity index (χ0) is 85.0. The van der Waals surface area contributed by atoms with E-state index in [1.807, 2.05) is 41.0 Å². The summed E-state index contributed by atoms with van der Waals surface area (Å²) in [5, 5.41) is 16.5. The number of nitrogens with zero attached hydrogens (tertiary/aromatic N) is 12. The summed E-state index contributed by atoms with van der Waals surface area (Å²) >= 11 is 0. The Morgan fingerprint density at radius 1 is 0.594 bits per heavy atom. The molecule has 600 valence electrons. The van der Waals surface area contributed by atoms with Gasteiger partial charge in [-0.15, -0.1) is 0 Å². The van der Waals surface area contributed by atoms with Gasteiger partial charge in [-0.1, -0.05) is 43.0 Å². The molecule has 8 N–H and O–H groups in total. The SMILES string of the molecule is [2H]C[C@H]1O[C@@H](n2cnc3c(=O)[nH]c(NC(C)=O)nc32)[C@@H](O[Si](C)(C)C(C)(C)C)C1OP(C)N(C(C)C)C(C)C.[2H]OC[C@H]1O[C@@H](n2cnc3c(=O)[nH]c(NC(C)=O)nc32)[C@@H](F)C1OP(C)N(C(C)C)C(C)C.[2H]OC[C@H]1O[C@@H](n2cnc3c(=O)[nH]c(NC(C)=O)nc32)[C@@H](OC)C1OP(C)N(C(C)C)C(C)C.[3H]C.[3H]C.[3H]C. The quantitative estimate of drug-likeness (QED) is 0.0167. The smallest absolute Gasteiger partial charge is 0.280 e. The highest BCUT2D eigenvalue weighted by molar-refractivity contribution is 7.49. The largest absolute Gasteiger partial charge is 0.407 e. The van der Waals surface area contributed by atoms with Crippen LogP contribution < -0.4 is 32.6 Å². The van der Waals surface area contributed by atoms with Crippen LogP contribution in [0.25, 0.3) is 33.5 Å². The van der Waals surface area contributed by atoms with Crippen LogP contribution in [-0.4, -0.2) is 243 Å². The van der Waals surface area contributed by atoms with Gasteiger partial charge < -0.3 is 47.2 Å². The van der Waals surface area contributed by atoms with Crippen molar-refractivity contribution in [1.82, 2.24) is 72.6 Å². The molecule has 6 aromatic rings. The molecule has 0 radical (unpaired) electrons. The summed E-state index contributed by atoms with van der Waals surface area (Å²) < 4.78 is 118. The number of halogens is 1. The number of aromatic amines is 3. The number of carbonyl (C=O) groups is 3. The molecule has 0 aromatic carbocycles. The molecule has 3 aliphatic rings. The zero-order valence-corrected chi connectivity index (χ0v) is 70.0. The normalized spacial score (nSPS) is 24.1. The van der Waals surface area contributed by atoms with Crippen molar-refractivity contribution in [2.45, 2.75) is 282 Å². The third kappa shape index (κ3) is 21.3. The van der Waals surface area contributed by atoms with Crippen LogP contribution in [0.3, 0.4) is 0 Å². The first-order chi connectivity index (χ1) is 52.6. The van der Waals surface area contributed by atoms with Crippen LogP contribution in [0.4, 0.5) is 22.2 Å². The molecule has 6 aromatic heterocycles. The number of imidazole rings is 3. The fraction of sp³-hybridized carbons (Fsp3) is 0.731. The van der Waals surface area contributed by atoms with Crippen molar-refractivity contribution in [3.8, 4) is 0 Å². The maximum atomic E-state index is 15.7. The summed E-state index contributed by atoms with van der Waals surface area (Å²) in [5.74, 6) is -1.24. The number of aliphatic hydroxyl groups is 2. The highest BCUT2D eigenvalue weighted by Gasteiger charge is 2.53. The maximum absolute atomic E-state index is 15.7. The van der Waals surface area contributed by atoms with E-state index in [2.05, 4.69) is 181 Å². The van der Waals surface area contributed by atoms with E-state index in [1.54, 1.807) is 16.2 Å². The minimum atomic E-state index is -2.35. The molecule has 3 amide bonds. The highest BCUT2D eigenvalue weighted by Crippen LogP contribution is 2.51. The fourth-order valence-corrected chi connectivity index (χ4v) is 20.1. The Balaban J connectivity index is 0.000000344. The average molecular weight is 1580 g/mol. The highest BCUT2D eigenvalue weighted by atomic mass is 31.2. The zero-order valence-electron chi connectivity index (χ0n) is 72.4. The number of carbonyl (C=O) groups excluding carboxylic acids is 3. The second-order valence-corrected chi connectivity index (χ2v) is 38.1. The second-order valence-electron chi connectivity index (χ2n) is 28.6. The Bertz CT molecular complexity index is 4110. The van der Waals surface area contributed by atoms with Crippen LogP contribution in [0.5, 0.6) is 0 Å². The van der Waals surface area contributed by atoms with Crippen LogP contribution in [-0.2, 0) is 51.3 Å². The molecule has 106 heavy (non-hydrogen) atoms. The van der Waals surface area contributed by atoms with E-state index < -0.39 is 129 Å². The van der Waals surface area contributed by atoms with Crippen molar-refractivity contribution < 1.29 is 71.4 Å². The van der Waals surface area contributed by atoms with Crippen molar-refractivity contribution in [3.63, 3.8) is 0 Å². The first-order valence-electron chi connectivity index (χ1n) is 38.7. The van der Waals surface area contributed by atoms with E-state index in [0.29, 0.717) is 0 Å². The summed E-state index contributed by atoms with van der Waals surface area (Å²) in [6.45, 7) is 45.7. The van der Waals surface area contributed by atoms with Gasteiger partial charge in [-0.05, 0) is 128 Å². The van der Waals surface area contributed by atoms with Crippen LogP contribution >= 0.6 is 24.9 Å². The standard InChI is InChI=1S/C25H45N6O5PSi.C20H33N6O6P.C19H30FN6O5P.3CH4/c1-14(2)31(15(3)4)37(10)35-19-16(5)34-23(20(19)36-38(11,12)25(7,8)9)30-13-26-18-21(30)28-24(27-17(6)32)29-22(18)33;1-10(2)26(11(3)4)33(7)32-15-13(8-27)31-19(16(15)30-6)25-9-21-14-17(25)23-20(22-12(5)28)24-18(14)29;1-9(2)26(10(3)4)32(6)31-15-12(7-27)30-18(13(15)20)25-8-21-14-16(25)23-19(22-11(5)28)24-17(14)29;;;/h13-16,19-20,23H,1-12H3,(H2,27,28,29,32,33);9-11,13,15-16,19,27H,8H2,1-7H3,(H2,22,23,24,28,29);8-10,12-13,15,18,27H,7H2,1-6H3,(H2,22,23,24,28,29);3*1H4/t16-,19?,20+,23-,37?;13-,15?,16+,19-,33?;12-,13+,15?,18-,32?;;;/m111.../s1/i5D;2*27D;3*1T. The molecule has 0 aliphatic carbocycles. The van der Waals surface area contributed by atoms with Gasteiger partial charge in [-0.3, -0.25) is 87.4 Å². The van der Waals surface area contributed by atoms with Crippen LogP contribution in [0, 0.1) is 0 Å². The summed E-state index contributed by atoms with van der Waals surface area (Å²) in [7, 11) is -0.281.